The van der Waals surface area contributed by atoms with E-state index in [2.05, 4.69) is 0 Å². The standard InChI is InChI=1S/C17H24O5/c18-14-10-13(11-15(19)17(14)21)22-16(20)9-5-4-8-12-6-2-1-3-7-12/h10-12,18-19,21H,1-9H2. The van der Waals surface area contributed by atoms with Crippen molar-refractivity contribution in [1.29, 1.82) is 0 Å². The smallest absolute Gasteiger partial charge is 0.311 e. The van der Waals surface area contributed by atoms with Crippen LogP contribution in [-0.2, 0) is 4.79 Å². The van der Waals surface area contributed by atoms with E-state index >= 15 is 0 Å². The normalized spacial score (nSPS) is 15.6. The minimum atomic E-state index is -0.618. The van der Waals surface area contributed by atoms with Crippen LogP contribution in [0.3, 0.4) is 0 Å². The van der Waals surface area contributed by atoms with E-state index in [4.69, 9.17) is 4.74 Å². The van der Waals surface area contributed by atoms with E-state index in [0.717, 1.165) is 30.9 Å². The number of carbonyl (C=O) groups is 1. The van der Waals surface area contributed by atoms with E-state index in [0.29, 0.717) is 6.42 Å². The summed E-state index contributed by atoms with van der Waals surface area (Å²) in [5.41, 5.74) is 0. The molecule has 1 aromatic rings. The third-order valence-electron chi connectivity index (χ3n) is 4.24. The van der Waals surface area contributed by atoms with E-state index in [-0.39, 0.29) is 5.75 Å². The maximum Gasteiger partial charge on any atom is 0.311 e. The van der Waals surface area contributed by atoms with Gasteiger partial charge in [0.2, 0.25) is 5.75 Å². The molecule has 3 N–H and O–H groups in total. The molecule has 0 atom stereocenters. The van der Waals surface area contributed by atoms with Crippen LogP contribution in [0.15, 0.2) is 12.1 Å². The average molecular weight is 308 g/mol. The second kappa shape index (κ2) is 7.92. The predicted octanol–water partition coefficient (Wildman–Crippen LogP) is 3.85. The summed E-state index contributed by atoms with van der Waals surface area (Å²) in [6, 6.07) is 2.21. The molecule has 0 aliphatic heterocycles. The van der Waals surface area contributed by atoms with E-state index in [1.54, 1.807) is 0 Å². The highest BCUT2D eigenvalue weighted by molar-refractivity contribution is 5.73. The lowest BCUT2D eigenvalue weighted by molar-refractivity contribution is -0.134. The maximum absolute atomic E-state index is 11.7. The Kier molecular flexibility index (Phi) is 5.92. The Labute approximate surface area is 130 Å². The number of aromatic hydroxyl groups is 3. The molecule has 0 saturated heterocycles. The number of hydrogen-bond acceptors (Lipinski definition) is 5. The fraction of sp³-hybridized carbons (Fsp3) is 0.588. The van der Waals surface area contributed by atoms with Gasteiger partial charge in [-0.1, -0.05) is 44.9 Å². The summed E-state index contributed by atoms with van der Waals surface area (Å²) in [4.78, 5) is 11.7. The molecule has 0 radical (unpaired) electrons. The topological polar surface area (TPSA) is 87.0 Å². The Morgan fingerprint density at radius 2 is 1.68 bits per heavy atom. The molecule has 2 rings (SSSR count). The van der Waals surface area contributed by atoms with Crippen molar-refractivity contribution in [2.24, 2.45) is 5.92 Å². The van der Waals surface area contributed by atoms with Gasteiger partial charge < -0.3 is 20.1 Å². The molecule has 0 heterocycles. The van der Waals surface area contributed by atoms with Gasteiger partial charge in [-0.15, -0.1) is 0 Å². The maximum atomic E-state index is 11.7. The van der Waals surface area contributed by atoms with Crippen molar-refractivity contribution < 1.29 is 24.9 Å². The molecule has 1 fully saturated rings. The largest absolute Gasteiger partial charge is 0.504 e. The molecule has 1 saturated carbocycles. The second-order valence-electron chi connectivity index (χ2n) is 6.03. The van der Waals surface area contributed by atoms with Crippen LogP contribution in [0.1, 0.15) is 57.8 Å². The molecule has 0 bridgehead atoms. The molecule has 5 nitrogen and oxygen atoms in total. The van der Waals surface area contributed by atoms with Crippen LogP contribution in [0.5, 0.6) is 23.0 Å². The molecule has 0 spiro atoms. The molecule has 0 aromatic heterocycles. The third-order valence-corrected chi connectivity index (χ3v) is 4.24. The Morgan fingerprint density at radius 3 is 2.32 bits per heavy atom. The van der Waals surface area contributed by atoms with Crippen molar-refractivity contribution in [2.75, 3.05) is 0 Å². The first kappa shape index (κ1) is 16.5. The van der Waals surface area contributed by atoms with Crippen LogP contribution < -0.4 is 4.74 Å². The molecule has 0 amide bonds. The Bertz CT molecular complexity index is 483. The van der Waals surface area contributed by atoms with Gasteiger partial charge >= 0.3 is 5.97 Å². The monoisotopic (exact) mass is 308 g/mol. The first-order valence-electron chi connectivity index (χ1n) is 8.02. The number of rotatable bonds is 6. The number of benzene rings is 1. The zero-order valence-electron chi connectivity index (χ0n) is 12.8. The quantitative estimate of drug-likeness (QED) is 0.321. The van der Waals surface area contributed by atoms with Gasteiger partial charge in [0.15, 0.2) is 11.5 Å². The van der Waals surface area contributed by atoms with Gasteiger partial charge in [-0.2, -0.15) is 0 Å². The molecular weight excluding hydrogens is 284 g/mol. The van der Waals surface area contributed by atoms with Crippen molar-refractivity contribution >= 4 is 5.97 Å². The Morgan fingerprint density at radius 1 is 1.05 bits per heavy atom. The van der Waals surface area contributed by atoms with Crippen LogP contribution in [0.4, 0.5) is 0 Å². The van der Waals surface area contributed by atoms with Gasteiger partial charge in [0.25, 0.3) is 0 Å². The molecule has 22 heavy (non-hydrogen) atoms. The fourth-order valence-corrected chi connectivity index (χ4v) is 3.00. The lowest BCUT2D eigenvalue weighted by atomic mass is 9.86. The summed E-state index contributed by atoms with van der Waals surface area (Å²) in [5.74, 6) is -1.19. The van der Waals surface area contributed by atoms with Gasteiger partial charge in [0.05, 0.1) is 0 Å². The highest BCUT2D eigenvalue weighted by atomic mass is 16.5. The predicted molar refractivity (Wildman–Crippen MR) is 82.1 cm³/mol. The molecule has 1 aliphatic carbocycles. The molecule has 122 valence electrons. The molecule has 0 unspecified atom stereocenters. The Balaban J connectivity index is 1.69. The van der Waals surface area contributed by atoms with E-state index in [9.17, 15) is 20.1 Å². The van der Waals surface area contributed by atoms with Gasteiger partial charge in [-0.3, -0.25) is 4.79 Å². The van der Waals surface area contributed by atoms with Gasteiger partial charge in [0.1, 0.15) is 5.75 Å². The first-order valence-corrected chi connectivity index (χ1v) is 8.02. The lowest BCUT2D eigenvalue weighted by Gasteiger charge is -2.21. The van der Waals surface area contributed by atoms with E-state index in [1.165, 1.54) is 38.5 Å². The van der Waals surface area contributed by atoms with Crippen molar-refractivity contribution in [1.82, 2.24) is 0 Å². The third kappa shape index (κ3) is 4.83. The van der Waals surface area contributed by atoms with E-state index < -0.39 is 23.2 Å². The van der Waals surface area contributed by atoms with Gasteiger partial charge in [0, 0.05) is 18.6 Å². The zero-order valence-corrected chi connectivity index (χ0v) is 12.8. The number of esters is 1. The summed E-state index contributed by atoms with van der Waals surface area (Å²) in [6.07, 6.45) is 9.95. The summed E-state index contributed by atoms with van der Waals surface area (Å²) in [5, 5.41) is 27.9. The summed E-state index contributed by atoms with van der Waals surface area (Å²) >= 11 is 0. The fourth-order valence-electron chi connectivity index (χ4n) is 3.00. The van der Waals surface area contributed by atoms with Crippen molar-refractivity contribution in [3.05, 3.63) is 12.1 Å². The average Bonchev–Trinajstić information content (AvgIpc) is 2.50. The van der Waals surface area contributed by atoms with Crippen molar-refractivity contribution in [3.63, 3.8) is 0 Å². The zero-order chi connectivity index (χ0) is 15.9. The van der Waals surface area contributed by atoms with E-state index in [1.807, 2.05) is 0 Å². The van der Waals surface area contributed by atoms with Crippen molar-refractivity contribution in [3.8, 4) is 23.0 Å². The Hall–Kier alpha value is -1.91. The molecular formula is C17H24O5. The summed E-state index contributed by atoms with van der Waals surface area (Å²) < 4.78 is 5.05. The number of ether oxygens (including phenoxy) is 1. The number of hydrogen-bond donors (Lipinski definition) is 3. The van der Waals surface area contributed by atoms with Crippen LogP contribution >= 0.6 is 0 Å². The number of carbonyl (C=O) groups excluding carboxylic acids is 1. The summed E-state index contributed by atoms with van der Waals surface area (Å²) in [6.45, 7) is 0. The minimum absolute atomic E-state index is 0.0325. The van der Waals surface area contributed by atoms with Crippen LogP contribution in [-0.4, -0.2) is 21.3 Å². The van der Waals surface area contributed by atoms with Crippen LogP contribution in [0.2, 0.25) is 0 Å². The van der Waals surface area contributed by atoms with Crippen LogP contribution in [0.25, 0.3) is 0 Å². The molecule has 1 aromatic carbocycles. The van der Waals surface area contributed by atoms with Crippen LogP contribution in [0, 0.1) is 5.92 Å². The first-order chi connectivity index (χ1) is 10.6. The molecule has 1 aliphatic rings. The number of unbranched alkanes of at least 4 members (excludes halogenated alkanes) is 1. The SMILES string of the molecule is O=C(CCCCC1CCCCC1)Oc1cc(O)c(O)c(O)c1. The minimum Gasteiger partial charge on any atom is -0.504 e. The highest BCUT2D eigenvalue weighted by Gasteiger charge is 2.14. The summed E-state index contributed by atoms with van der Waals surface area (Å²) in [7, 11) is 0. The highest BCUT2D eigenvalue weighted by Crippen LogP contribution is 2.38. The molecule has 5 heteroatoms. The van der Waals surface area contributed by atoms with Gasteiger partial charge in [-0.25, -0.2) is 0 Å². The van der Waals surface area contributed by atoms with Crippen molar-refractivity contribution in [2.45, 2.75) is 57.8 Å². The number of phenolic OH excluding ortho intramolecular Hbond substituents is 3. The lowest BCUT2D eigenvalue weighted by Crippen LogP contribution is -2.09. The number of phenols is 3. The van der Waals surface area contributed by atoms with Gasteiger partial charge in [-0.05, 0) is 12.3 Å². The second-order valence-corrected chi connectivity index (χ2v) is 6.03.